The molecule has 1 aliphatic carbocycles. The van der Waals surface area contributed by atoms with Crippen molar-refractivity contribution in [3.8, 4) is 0 Å². The molecule has 0 radical (unpaired) electrons. The fraction of sp³-hybridized carbons (Fsp3) is 0.556. The highest BCUT2D eigenvalue weighted by Crippen LogP contribution is 2.34. The summed E-state index contributed by atoms with van der Waals surface area (Å²) in [5.74, 6) is 0.741. The van der Waals surface area contributed by atoms with Gasteiger partial charge in [-0.2, -0.15) is 0 Å². The highest BCUT2D eigenvalue weighted by atomic mass is 32.1. The molecule has 3 heteroatoms. The average Bonchev–Trinajstić information content (AvgIpc) is 2.91. The molecule has 1 heterocycles. The Kier molecular flexibility index (Phi) is 4.94. The van der Waals surface area contributed by atoms with Crippen LogP contribution in [0.1, 0.15) is 49.5 Å². The maximum Gasteiger partial charge on any atom is 0.0738 e. The van der Waals surface area contributed by atoms with E-state index in [1.165, 1.54) is 52.6 Å². The molecule has 2 atom stereocenters. The zero-order chi connectivity index (χ0) is 14.7. The number of fused-ring (bicyclic) bond motifs is 1. The molecule has 0 amide bonds. The van der Waals surface area contributed by atoms with Crippen LogP contribution >= 0.6 is 11.3 Å². The van der Waals surface area contributed by atoms with E-state index in [9.17, 15) is 0 Å². The average molecular weight is 303 g/mol. The van der Waals surface area contributed by atoms with Gasteiger partial charge < -0.3 is 10.5 Å². The molecule has 3 rings (SSSR count). The molecule has 1 aliphatic rings. The molecular formula is C18H25NOS. The number of thiophene rings is 1. The van der Waals surface area contributed by atoms with Gasteiger partial charge in [0.25, 0.3) is 0 Å². The van der Waals surface area contributed by atoms with Crippen molar-refractivity contribution < 1.29 is 4.74 Å². The Labute approximate surface area is 131 Å². The lowest BCUT2D eigenvalue weighted by Crippen LogP contribution is -2.27. The second kappa shape index (κ2) is 6.91. The summed E-state index contributed by atoms with van der Waals surface area (Å²) >= 11 is 1.81. The highest BCUT2D eigenvalue weighted by Gasteiger charge is 2.25. The zero-order valence-electron chi connectivity index (χ0n) is 12.8. The summed E-state index contributed by atoms with van der Waals surface area (Å²) in [4.78, 5) is 1.28. The second-order valence-electron chi connectivity index (χ2n) is 6.01. The van der Waals surface area contributed by atoms with Gasteiger partial charge in [-0.3, -0.25) is 0 Å². The first-order valence-electron chi connectivity index (χ1n) is 8.14. The number of nitrogens with two attached hydrogens (primary N) is 1. The molecule has 2 N–H and O–H groups in total. The fourth-order valence-corrected chi connectivity index (χ4v) is 4.61. The Balaban J connectivity index is 1.78. The van der Waals surface area contributed by atoms with E-state index >= 15 is 0 Å². The Hall–Kier alpha value is -0.900. The molecule has 2 aromatic rings. The molecule has 1 aromatic carbocycles. The van der Waals surface area contributed by atoms with E-state index in [4.69, 9.17) is 10.5 Å². The van der Waals surface area contributed by atoms with Crippen molar-refractivity contribution in [1.82, 2.24) is 0 Å². The maximum absolute atomic E-state index is 6.33. The summed E-state index contributed by atoms with van der Waals surface area (Å²) in [6, 6.07) is 8.58. The predicted octanol–water partition coefficient (Wildman–Crippen LogP) is 4.85. The fourth-order valence-electron chi connectivity index (χ4n) is 3.52. The molecule has 0 bridgehead atoms. The van der Waals surface area contributed by atoms with Crippen LogP contribution < -0.4 is 5.73 Å². The SMILES string of the molecule is CCC1CCCCC1OCc1c(CN)sc2ccccc12. The molecule has 2 unspecified atom stereocenters. The largest absolute Gasteiger partial charge is 0.373 e. The van der Waals surface area contributed by atoms with Gasteiger partial charge in [0.2, 0.25) is 0 Å². The molecule has 0 spiro atoms. The first kappa shape index (κ1) is 15.0. The van der Waals surface area contributed by atoms with Crippen LogP contribution in [0.3, 0.4) is 0 Å². The van der Waals surface area contributed by atoms with Crippen LogP contribution in [-0.2, 0) is 17.9 Å². The summed E-state index contributed by atoms with van der Waals surface area (Å²) in [5, 5.41) is 1.33. The minimum atomic E-state index is 0.438. The van der Waals surface area contributed by atoms with E-state index in [1.54, 1.807) is 0 Å². The molecule has 21 heavy (non-hydrogen) atoms. The molecule has 1 saturated carbocycles. The Morgan fingerprint density at radius 1 is 1.24 bits per heavy atom. The van der Waals surface area contributed by atoms with E-state index in [2.05, 4.69) is 31.2 Å². The van der Waals surface area contributed by atoms with E-state index in [0.717, 1.165) is 12.5 Å². The highest BCUT2D eigenvalue weighted by molar-refractivity contribution is 7.19. The van der Waals surface area contributed by atoms with Crippen molar-refractivity contribution in [3.05, 3.63) is 34.7 Å². The summed E-state index contributed by atoms with van der Waals surface area (Å²) in [7, 11) is 0. The van der Waals surface area contributed by atoms with E-state index < -0.39 is 0 Å². The number of ether oxygens (including phenoxy) is 1. The maximum atomic E-state index is 6.33. The number of benzene rings is 1. The molecule has 0 saturated heterocycles. The van der Waals surface area contributed by atoms with Gasteiger partial charge in [0.05, 0.1) is 12.7 Å². The topological polar surface area (TPSA) is 35.2 Å². The molecule has 0 aliphatic heterocycles. The minimum absolute atomic E-state index is 0.438. The van der Waals surface area contributed by atoms with E-state index in [-0.39, 0.29) is 0 Å². The van der Waals surface area contributed by atoms with Gasteiger partial charge in [0, 0.05) is 21.7 Å². The lowest BCUT2D eigenvalue weighted by atomic mass is 9.85. The first-order chi connectivity index (χ1) is 10.3. The van der Waals surface area contributed by atoms with E-state index in [1.807, 2.05) is 11.3 Å². The molecule has 2 nitrogen and oxygen atoms in total. The van der Waals surface area contributed by atoms with Gasteiger partial charge in [-0.25, -0.2) is 0 Å². The molecule has 1 aromatic heterocycles. The Morgan fingerprint density at radius 3 is 2.86 bits per heavy atom. The molecule has 1 fully saturated rings. The monoisotopic (exact) mass is 303 g/mol. The standard InChI is InChI=1S/C18H25NOS/c1-2-13-7-3-5-9-16(13)20-12-15-14-8-4-6-10-17(14)21-18(15)11-19/h4,6,8,10,13,16H,2-3,5,7,9,11-12,19H2,1H3. The van der Waals surface area contributed by atoms with Crippen LogP contribution in [0.2, 0.25) is 0 Å². The van der Waals surface area contributed by atoms with Crippen molar-refractivity contribution in [2.45, 2.75) is 58.3 Å². The van der Waals surface area contributed by atoms with Crippen LogP contribution in [0.4, 0.5) is 0 Å². The van der Waals surface area contributed by atoms with Gasteiger partial charge in [0.15, 0.2) is 0 Å². The third-order valence-electron chi connectivity index (χ3n) is 4.77. The summed E-state index contributed by atoms with van der Waals surface area (Å²) < 4.78 is 7.66. The van der Waals surface area contributed by atoms with Crippen LogP contribution in [0, 0.1) is 5.92 Å². The van der Waals surface area contributed by atoms with Crippen LogP contribution in [0.15, 0.2) is 24.3 Å². The number of rotatable bonds is 5. The van der Waals surface area contributed by atoms with Gasteiger partial charge in [-0.15, -0.1) is 11.3 Å². The van der Waals surface area contributed by atoms with Crippen molar-refractivity contribution in [3.63, 3.8) is 0 Å². The van der Waals surface area contributed by atoms with E-state index in [0.29, 0.717) is 12.6 Å². The molecule has 114 valence electrons. The predicted molar refractivity (Wildman–Crippen MR) is 90.5 cm³/mol. The first-order valence-corrected chi connectivity index (χ1v) is 8.96. The van der Waals surface area contributed by atoms with Gasteiger partial charge in [-0.05, 0) is 30.2 Å². The third-order valence-corrected chi connectivity index (χ3v) is 6.01. The lowest BCUT2D eigenvalue weighted by Gasteiger charge is -2.30. The number of hydrogen-bond acceptors (Lipinski definition) is 3. The van der Waals surface area contributed by atoms with Crippen molar-refractivity contribution >= 4 is 21.4 Å². The van der Waals surface area contributed by atoms with Crippen molar-refractivity contribution in [1.29, 1.82) is 0 Å². The third kappa shape index (κ3) is 3.15. The summed E-state index contributed by atoms with van der Waals surface area (Å²) in [5.41, 5.74) is 7.25. The van der Waals surface area contributed by atoms with Crippen LogP contribution in [-0.4, -0.2) is 6.10 Å². The normalized spacial score (nSPS) is 22.8. The summed E-state index contributed by atoms with van der Waals surface area (Å²) in [6.07, 6.45) is 6.91. The Morgan fingerprint density at radius 2 is 2.05 bits per heavy atom. The quantitative estimate of drug-likeness (QED) is 0.857. The van der Waals surface area contributed by atoms with Gasteiger partial charge in [-0.1, -0.05) is 44.4 Å². The smallest absolute Gasteiger partial charge is 0.0738 e. The lowest BCUT2D eigenvalue weighted by molar-refractivity contribution is -0.0218. The number of hydrogen-bond donors (Lipinski definition) is 1. The minimum Gasteiger partial charge on any atom is -0.373 e. The summed E-state index contributed by atoms with van der Waals surface area (Å²) in [6.45, 7) is 3.62. The van der Waals surface area contributed by atoms with Crippen LogP contribution in [0.25, 0.3) is 10.1 Å². The second-order valence-corrected chi connectivity index (χ2v) is 7.14. The molecular weight excluding hydrogens is 278 g/mol. The van der Waals surface area contributed by atoms with Crippen molar-refractivity contribution in [2.24, 2.45) is 11.7 Å². The van der Waals surface area contributed by atoms with Crippen molar-refractivity contribution in [2.75, 3.05) is 0 Å². The van der Waals surface area contributed by atoms with Gasteiger partial charge >= 0.3 is 0 Å². The Bertz CT molecular complexity index is 592. The van der Waals surface area contributed by atoms with Crippen LogP contribution in [0.5, 0.6) is 0 Å². The zero-order valence-corrected chi connectivity index (χ0v) is 13.6. The van der Waals surface area contributed by atoms with Gasteiger partial charge in [0.1, 0.15) is 0 Å².